The number of azo groups is 1. The molecule has 0 saturated carbocycles. The lowest BCUT2D eigenvalue weighted by atomic mass is 9.98. The van der Waals surface area contributed by atoms with Crippen LogP contribution in [0.3, 0.4) is 0 Å². The summed E-state index contributed by atoms with van der Waals surface area (Å²) in [6.07, 6.45) is 1.25. The molecule has 1 atom stereocenters. The summed E-state index contributed by atoms with van der Waals surface area (Å²) in [7, 11) is -2.16. The minimum absolute atomic E-state index is 0.142. The number of nitrogens with one attached hydrogen (secondary N) is 1. The number of rotatable bonds is 7. The van der Waals surface area contributed by atoms with Gasteiger partial charge in [-0.2, -0.15) is 14.5 Å². The summed E-state index contributed by atoms with van der Waals surface area (Å²) in [6.45, 7) is 0.531. The van der Waals surface area contributed by atoms with Crippen LogP contribution in [0.15, 0.2) is 94.0 Å². The van der Waals surface area contributed by atoms with Crippen molar-refractivity contribution in [3.63, 3.8) is 0 Å². The SMILES string of the molecule is COc1ccc(S(=O)(=O)N2CCCC(C(=O)Nc3ccc(N=Nc4ccccc4)cc3)C2)cc1. The van der Waals surface area contributed by atoms with Crippen LogP contribution in [-0.4, -0.2) is 38.8 Å². The van der Waals surface area contributed by atoms with Crippen LogP contribution in [0, 0.1) is 5.92 Å². The van der Waals surface area contributed by atoms with Gasteiger partial charge < -0.3 is 10.1 Å². The van der Waals surface area contributed by atoms with E-state index in [0.29, 0.717) is 36.5 Å². The molecule has 1 amide bonds. The number of benzene rings is 3. The molecule has 1 N–H and O–H groups in total. The number of nitrogens with zero attached hydrogens (tertiary/aromatic N) is 3. The highest BCUT2D eigenvalue weighted by atomic mass is 32.2. The topological polar surface area (TPSA) is 100 Å². The Hall–Kier alpha value is -3.56. The standard InChI is InChI=1S/C25H26N4O4S/c1-33-23-13-15-24(16-14-23)34(31,32)29-17-5-6-19(18-29)25(30)26-20-9-11-22(12-10-20)28-27-21-7-3-2-4-8-21/h2-4,7-16,19H,5-6,17-18H2,1H3,(H,26,30). The average molecular weight is 479 g/mol. The third kappa shape index (κ3) is 5.67. The first-order valence-corrected chi connectivity index (χ1v) is 12.4. The number of methoxy groups -OCH3 is 1. The summed E-state index contributed by atoms with van der Waals surface area (Å²) in [6, 6.07) is 22.7. The van der Waals surface area contributed by atoms with Crippen molar-refractivity contribution in [2.75, 3.05) is 25.5 Å². The molecular formula is C25H26N4O4S. The van der Waals surface area contributed by atoms with E-state index >= 15 is 0 Å². The number of piperidine rings is 1. The van der Waals surface area contributed by atoms with Crippen molar-refractivity contribution >= 4 is 33.0 Å². The molecule has 34 heavy (non-hydrogen) atoms. The van der Waals surface area contributed by atoms with Crippen LogP contribution in [-0.2, 0) is 14.8 Å². The maximum absolute atomic E-state index is 13.0. The van der Waals surface area contributed by atoms with Crippen LogP contribution >= 0.6 is 0 Å². The van der Waals surface area contributed by atoms with Gasteiger partial charge in [-0.3, -0.25) is 4.79 Å². The second kappa shape index (κ2) is 10.6. The summed E-state index contributed by atoms with van der Waals surface area (Å²) >= 11 is 0. The van der Waals surface area contributed by atoms with Gasteiger partial charge >= 0.3 is 0 Å². The Labute approximate surface area is 199 Å². The molecule has 0 aromatic heterocycles. The lowest BCUT2D eigenvalue weighted by molar-refractivity contribution is -0.120. The molecule has 3 aromatic rings. The van der Waals surface area contributed by atoms with Crippen LogP contribution in [0.4, 0.5) is 17.1 Å². The smallest absolute Gasteiger partial charge is 0.243 e. The zero-order chi connectivity index (χ0) is 24.0. The average Bonchev–Trinajstić information content (AvgIpc) is 2.89. The molecule has 1 unspecified atom stereocenters. The minimum Gasteiger partial charge on any atom is -0.497 e. The zero-order valence-electron chi connectivity index (χ0n) is 18.8. The molecule has 3 aromatic carbocycles. The summed E-state index contributed by atoms with van der Waals surface area (Å²) in [4.78, 5) is 13.1. The van der Waals surface area contributed by atoms with Gasteiger partial charge in [-0.1, -0.05) is 18.2 Å². The van der Waals surface area contributed by atoms with Gasteiger partial charge in [-0.15, -0.1) is 0 Å². The van der Waals surface area contributed by atoms with Crippen LogP contribution < -0.4 is 10.1 Å². The van der Waals surface area contributed by atoms with E-state index in [2.05, 4.69) is 15.5 Å². The third-order valence-electron chi connectivity index (χ3n) is 5.62. The molecule has 1 saturated heterocycles. The molecule has 4 rings (SSSR count). The van der Waals surface area contributed by atoms with Gasteiger partial charge in [0.25, 0.3) is 0 Å². The van der Waals surface area contributed by atoms with Crippen molar-refractivity contribution in [3.05, 3.63) is 78.9 Å². The number of ether oxygens (including phenoxy) is 1. The molecule has 8 nitrogen and oxygen atoms in total. The fraction of sp³-hybridized carbons (Fsp3) is 0.240. The number of hydrogen-bond acceptors (Lipinski definition) is 6. The lowest BCUT2D eigenvalue weighted by Crippen LogP contribution is -2.43. The van der Waals surface area contributed by atoms with Crippen molar-refractivity contribution in [2.45, 2.75) is 17.7 Å². The third-order valence-corrected chi connectivity index (χ3v) is 7.50. The molecule has 0 aliphatic carbocycles. The Kier molecular flexibility index (Phi) is 7.34. The summed E-state index contributed by atoms with van der Waals surface area (Å²) in [5.41, 5.74) is 2.04. The summed E-state index contributed by atoms with van der Waals surface area (Å²) in [5, 5.41) is 11.3. The predicted octanol–water partition coefficient (Wildman–Crippen LogP) is 5.15. The molecule has 1 aliphatic rings. The zero-order valence-corrected chi connectivity index (χ0v) is 19.6. The number of hydrogen-bond donors (Lipinski definition) is 1. The van der Waals surface area contributed by atoms with Gasteiger partial charge in [0, 0.05) is 18.8 Å². The molecular weight excluding hydrogens is 452 g/mol. The predicted molar refractivity (Wildman–Crippen MR) is 130 cm³/mol. The first kappa shape index (κ1) is 23.6. The maximum Gasteiger partial charge on any atom is 0.243 e. The van der Waals surface area contributed by atoms with Gasteiger partial charge in [0.05, 0.1) is 29.3 Å². The Balaban J connectivity index is 1.37. The number of anilines is 1. The van der Waals surface area contributed by atoms with E-state index < -0.39 is 15.9 Å². The Morgan fingerprint density at radius 1 is 0.941 bits per heavy atom. The first-order chi connectivity index (χ1) is 16.5. The highest BCUT2D eigenvalue weighted by Crippen LogP contribution is 2.26. The molecule has 9 heteroatoms. The van der Waals surface area contributed by atoms with Crippen molar-refractivity contribution < 1.29 is 17.9 Å². The van der Waals surface area contributed by atoms with E-state index in [9.17, 15) is 13.2 Å². The number of sulfonamides is 1. The van der Waals surface area contributed by atoms with E-state index in [1.54, 1.807) is 36.4 Å². The molecule has 0 bridgehead atoms. The maximum atomic E-state index is 13.0. The van der Waals surface area contributed by atoms with E-state index in [4.69, 9.17) is 4.74 Å². The van der Waals surface area contributed by atoms with Crippen LogP contribution in [0.25, 0.3) is 0 Å². The quantitative estimate of drug-likeness (QED) is 0.475. The van der Waals surface area contributed by atoms with Gasteiger partial charge in [0.15, 0.2) is 0 Å². The van der Waals surface area contributed by atoms with Gasteiger partial charge in [-0.05, 0) is 73.5 Å². The van der Waals surface area contributed by atoms with Crippen molar-refractivity contribution in [1.29, 1.82) is 0 Å². The molecule has 1 aliphatic heterocycles. The van der Waals surface area contributed by atoms with Gasteiger partial charge in [0.2, 0.25) is 15.9 Å². The monoisotopic (exact) mass is 478 g/mol. The Bertz CT molecular complexity index is 1240. The van der Waals surface area contributed by atoms with E-state index in [-0.39, 0.29) is 17.3 Å². The van der Waals surface area contributed by atoms with E-state index in [0.717, 1.165) is 5.69 Å². The number of carbonyl (C=O) groups is 1. The van der Waals surface area contributed by atoms with Crippen molar-refractivity contribution in [1.82, 2.24) is 4.31 Å². The van der Waals surface area contributed by atoms with Crippen LogP contribution in [0.2, 0.25) is 0 Å². The van der Waals surface area contributed by atoms with Crippen molar-refractivity contribution in [3.8, 4) is 5.75 Å². The normalized spacial score (nSPS) is 16.9. The Morgan fingerprint density at radius 2 is 1.59 bits per heavy atom. The largest absolute Gasteiger partial charge is 0.497 e. The highest BCUT2D eigenvalue weighted by Gasteiger charge is 2.33. The molecule has 1 heterocycles. The second-order valence-corrected chi connectivity index (χ2v) is 9.89. The van der Waals surface area contributed by atoms with Crippen LogP contribution in [0.1, 0.15) is 12.8 Å². The molecule has 0 radical (unpaired) electrons. The number of carbonyl (C=O) groups excluding carboxylic acids is 1. The molecule has 176 valence electrons. The number of amides is 1. The van der Waals surface area contributed by atoms with Gasteiger partial charge in [0.1, 0.15) is 5.75 Å². The van der Waals surface area contributed by atoms with Gasteiger partial charge in [-0.25, -0.2) is 8.42 Å². The van der Waals surface area contributed by atoms with Crippen molar-refractivity contribution in [2.24, 2.45) is 16.1 Å². The summed E-state index contributed by atoms with van der Waals surface area (Å²) < 4.78 is 32.6. The molecule has 0 spiro atoms. The fourth-order valence-corrected chi connectivity index (χ4v) is 5.26. The molecule has 1 fully saturated rings. The lowest BCUT2D eigenvalue weighted by Gasteiger charge is -2.31. The summed E-state index contributed by atoms with van der Waals surface area (Å²) in [5.74, 6) is -0.0464. The Morgan fingerprint density at radius 3 is 2.24 bits per heavy atom. The first-order valence-electron chi connectivity index (χ1n) is 11.0. The minimum atomic E-state index is -3.69. The fourth-order valence-electron chi connectivity index (χ4n) is 3.74. The van der Waals surface area contributed by atoms with E-state index in [1.165, 1.54) is 23.5 Å². The van der Waals surface area contributed by atoms with E-state index in [1.807, 2.05) is 30.3 Å². The second-order valence-electron chi connectivity index (χ2n) is 7.95. The van der Waals surface area contributed by atoms with Crippen LogP contribution in [0.5, 0.6) is 5.75 Å². The highest BCUT2D eigenvalue weighted by molar-refractivity contribution is 7.89.